The zero-order valence-electron chi connectivity index (χ0n) is 9.75. The lowest BCUT2D eigenvalue weighted by Gasteiger charge is -2.31. The fourth-order valence-corrected chi connectivity index (χ4v) is 2.27. The molecule has 0 radical (unpaired) electrons. The van der Waals surface area contributed by atoms with Crippen LogP contribution in [0.3, 0.4) is 0 Å². The summed E-state index contributed by atoms with van der Waals surface area (Å²) in [6.45, 7) is 3.07. The fourth-order valence-electron chi connectivity index (χ4n) is 2.27. The highest BCUT2D eigenvalue weighted by atomic mass is 19.1. The highest BCUT2D eigenvalue weighted by molar-refractivity contribution is 5.16. The van der Waals surface area contributed by atoms with E-state index in [2.05, 4.69) is 10.2 Å². The number of nitrogens with zero attached hydrogens (tertiary/aromatic N) is 1. The molecule has 1 N–H and O–H groups in total. The second kappa shape index (κ2) is 5.41. The van der Waals surface area contributed by atoms with Crippen molar-refractivity contribution in [1.29, 1.82) is 0 Å². The topological polar surface area (TPSA) is 15.3 Å². The fraction of sp³-hybridized carbons (Fsp3) is 0.538. The second-order valence-electron chi connectivity index (χ2n) is 4.47. The normalized spacial score (nSPS) is 18.9. The monoisotopic (exact) mass is 222 g/mol. The number of likely N-dealkylation sites (tertiary alicyclic amines) is 1. The highest BCUT2D eigenvalue weighted by Crippen LogP contribution is 2.14. The van der Waals surface area contributed by atoms with E-state index < -0.39 is 0 Å². The first-order valence-electron chi connectivity index (χ1n) is 5.92. The summed E-state index contributed by atoms with van der Waals surface area (Å²) < 4.78 is 13.0. The molecule has 0 atom stereocenters. The average molecular weight is 222 g/mol. The number of hydrogen-bond acceptors (Lipinski definition) is 2. The van der Waals surface area contributed by atoms with Crippen LogP contribution in [0, 0.1) is 5.82 Å². The van der Waals surface area contributed by atoms with Crippen molar-refractivity contribution < 1.29 is 4.39 Å². The summed E-state index contributed by atoms with van der Waals surface area (Å²) in [5, 5.41) is 3.31. The van der Waals surface area contributed by atoms with E-state index in [0.717, 1.165) is 25.2 Å². The van der Waals surface area contributed by atoms with Gasteiger partial charge in [-0.2, -0.15) is 0 Å². The molecule has 0 aliphatic carbocycles. The third-order valence-corrected chi connectivity index (χ3v) is 3.29. The Morgan fingerprint density at radius 3 is 2.75 bits per heavy atom. The van der Waals surface area contributed by atoms with Crippen LogP contribution in [0.4, 0.5) is 4.39 Å². The summed E-state index contributed by atoms with van der Waals surface area (Å²) in [7, 11) is 2.02. The minimum absolute atomic E-state index is 0.136. The lowest BCUT2D eigenvalue weighted by Crippen LogP contribution is -2.40. The van der Waals surface area contributed by atoms with Gasteiger partial charge >= 0.3 is 0 Å². The van der Waals surface area contributed by atoms with Gasteiger partial charge in [-0.15, -0.1) is 0 Å². The van der Waals surface area contributed by atoms with Gasteiger partial charge in [-0.1, -0.05) is 12.1 Å². The Morgan fingerprint density at radius 2 is 2.12 bits per heavy atom. The molecule has 1 aliphatic heterocycles. The van der Waals surface area contributed by atoms with E-state index in [1.165, 1.54) is 18.9 Å². The molecule has 1 aromatic carbocycles. The van der Waals surface area contributed by atoms with Gasteiger partial charge in [-0.05, 0) is 50.7 Å². The van der Waals surface area contributed by atoms with E-state index in [1.807, 2.05) is 13.1 Å². The summed E-state index contributed by atoms with van der Waals surface area (Å²) in [5.41, 5.74) is 1.07. The first-order valence-corrected chi connectivity index (χ1v) is 5.92. The average Bonchev–Trinajstić information content (AvgIpc) is 2.30. The molecule has 88 valence electrons. The van der Waals surface area contributed by atoms with Crippen LogP contribution in [-0.2, 0) is 6.54 Å². The van der Waals surface area contributed by atoms with Gasteiger partial charge in [-0.25, -0.2) is 4.39 Å². The maximum Gasteiger partial charge on any atom is 0.123 e. The Bertz CT molecular complexity index is 332. The molecule has 0 aromatic heterocycles. The van der Waals surface area contributed by atoms with Gasteiger partial charge in [0.25, 0.3) is 0 Å². The summed E-state index contributed by atoms with van der Waals surface area (Å²) in [6.07, 6.45) is 2.37. The molecule has 16 heavy (non-hydrogen) atoms. The number of rotatable bonds is 3. The molecule has 1 aliphatic rings. The number of halogens is 1. The van der Waals surface area contributed by atoms with Crippen molar-refractivity contribution >= 4 is 0 Å². The number of piperidine rings is 1. The Hall–Kier alpha value is -0.930. The minimum Gasteiger partial charge on any atom is -0.317 e. The Labute approximate surface area is 96.5 Å². The summed E-state index contributed by atoms with van der Waals surface area (Å²) in [6, 6.07) is 7.56. The van der Waals surface area contributed by atoms with Crippen LogP contribution < -0.4 is 5.32 Å². The maximum atomic E-state index is 13.0. The van der Waals surface area contributed by atoms with Gasteiger partial charge in [0.05, 0.1) is 0 Å². The van der Waals surface area contributed by atoms with Crippen LogP contribution in [-0.4, -0.2) is 31.1 Å². The van der Waals surface area contributed by atoms with E-state index in [4.69, 9.17) is 0 Å². The summed E-state index contributed by atoms with van der Waals surface area (Å²) >= 11 is 0. The molecule has 1 fully saturated rings. The molecule has 1 saturated heterocycles. The molecule has 3 heteroatoms. The van der Waals surface area contributed by atoms with E-state index in [9.17, 15) is 4.39 Å². The van der Waals surface area contributed by atoms with E-state index in [1.54, 1.807) is 12.1 Å². The van der Waals surface area contributed by atoms with Gasteiger partial charge in [0.15, 0.2) is 0 Å². The third kappa shape index (κ3) is 3.03. The predicted molar refractivity (Wildman–Crippen MR) is 63.8 cm³/mol. The lowest BCUT2D eigenvalue weighted by molar-refractivity contribution is 0.194. The Kier molecular flexibility index (Phi) is 3.91. The smallest absolute Gasteiger partial charge is 0.123 e. The van der Waals surface area contributed by atoms with Crippen molar-refractivity contribution in [3.63, 3.8) is 0 Å². The molecule has 0 unspecified atom stereocenters. The summed E-state index contributed by atoms with van der Waals surface area (Å²) in [5.74, 6) is -0.136. The maximum absolute atomic E-state index is 13.0. The zero-order valence-corrected chi connectivity index (χ0v) is 9.75. The first-order chi connectivity index (χ1) is 7.78. The van der Waals surface area contributed by atoms with Crippen molar-refractivity contribution in [1.82, 2.24) is 10.2 Å². The minimum atomic E-state index is -0.136. The van der Waals surface area contributed by atoms with Crippen molar-refractivity contribution in [2.75, 3.05) is 20.1 Å². The molecule has 2 nitrogen and oxygen atoms in total. The van der Waals surface area contributed by atoms with Gasteiger partial charge in [0.1, 0.15) is 5.82 Å². The van der Waals surface area contributed by atoms with Crippen LogP contribution in [0.2, 0.25) is 0 Å². The Balaban J connectivity index is 1.87. The second-order valence-corrected chi connectivity index (χ2v) is 4.47. The van der Waals surface area contributed by atoms with Crippen molar-refractivity contribution in [3.8, 4) is 0 Å². The molecule has 1 heterocycles. The molecule has 2 rings (SSSR count). The standard InChI is InChI=1S/C13H19FN2/c1-15-13-5-7-16(8-6-13)10-11-3-2-4-12(14)9-11/h2-4,9,13,15H,5-8,10H2,1H3. The van der Waals surface area contributed by atoms with Crippen molar-refractivity contribution in [3.05, 3.63) is 35.6 Å². The van der Waals surface area contributed by atoms with E-state index >= 15 is 0 Å². The van der Waals surface area contributed by atoms with Crippen molar-refractivity contribution in [2.45, 2.75) is 25.4 Å². The van der Waals surface area contributed by atoms with Crippen LogP contribution in [0.1, 0.15) is 18.4 Å². The zero-order chi connectivity index (χ0) is 11.4. The molecule has 0 saturated carbocycles. The Morgan fingerprint density at radius 1 is 1.38 bits per heavy atom. The molecule has 0 bridgehead atoms. The van der Waals surface area contributed by atoms with Crippen LogP contribution in [0.15, 0.2) is 24.3 Å². The van der Waals surface area contributed by atoms with E-state index in [0.29, 0.717) is 6.04 Å². The van der Waals surface area contributed by atoms with Crippen LogP contribution in [0.5, 0.6) is 0 Å². The van der Waals surface area contributed by atoms with Gasteiger partial charge in [0, 0.05) is 12.6 Å². The van der Waals surface area contributed by atoms with Crippen LogP contribution >= 0.6 is 0 Å². The highest BCUT2D eigenvalue weighted by Gasteiger charge is 2.17. The van der Waals surface area contributed by atoms with Gasteiger partial charge in [-0.3, -0.25) is 4.90 Å². The molecule has 0 amide bonds. The molecule has 1 aromatic rings. The summed E-state index contributed by atoms with van der Waals surface area (Å²) in [4.78, 5) is 2.39. The van der Waals surface area contributed by atoms with E-state index in [-0.39, 0.29) is 5.82 Å². The molecule has 0 spiro atoms. The molecular weight excluding hydrogens is 203 g/mol. The van der Waals surface area contributed by atoms with Crippen LogP contribution in [0.25, 0.3) is 0 Å². The quantitative estimate of drug-likeness (QED) is 0.841. The number of benzene rings is 1. The largest absolute Gasteiger partial charge is 0.317 e. The number of hydrogen-bond donors (Lipinski definition) is 1. The van der Waals surface area contributed by atoms with Gasteiger partial charge in [0.2, 0.25) is 0 Å². The predicted octanol–water partition coefficient (Wildman–Crippen LogP) is 2.01. The van der Waals surface area contributed by atoms with Crippen molar-refractivity contribution in [2.24, 2.45) is 0 Å². The molecular formula is C13H19FN2. The van der Waals surface area contributed by atoms with Gasteiger partial charge < -0.3 is 5.32 Å². The SMILES string of the molecule is CNC1CCN(Cc2cccc(F)c2)CC1. The lowest BCUT2D eigenvalue weighted by atomic mass is 10.0. The third-order valence-electron chi connectivity index (χ3n) is 3.29. The number of nitrogens with one attached hydrogen (secondary N) is 1. The first kappa shape index (κ1) is 11.6.